The van der Waals surface area contributed by atoms with Crippen LogP contribution in [-0.4, -0.2) is 18.1 Å². The molecule has 1 unspecified atom stereocenters. The number of rotatable bonds is 5. The van der Waals surface area contributed by atoms with Gasteiger partial charge in [-0.2, -0.15) is 0 Å². The third-order valence-electron chi connectivity index (χ3n) is 2.00. The third kappa shape index (κ3) is 3.13. The summed E-state index contributed by atoms with van der Waals surface area (Å²) in [7, 11) is 1.67. The summed E-state index contributed by atoms with van der Waals surface area (Å²) in [5.74, 6) is 0.887. The summed E-state index contributed by atoms with van der Waals surface area (Å²) >= 11 is 2.34. The molecule has 1 rings (SSSR count). The summed E-state index contributed by atoms with van der Waals surface area (Å²) < 4.78 is 11.7. The van der Waals surface area contributed by atoms with Crippen molar-refractivity contribution in [1.29, 1.82) is 0 Å². The molecule has 0 saturated carbocycles. The molecule has 3 heteroatoms. The number of hydrogen-bond donors (Lipinski definition) is 0. The van der Waals surface area contributed by atoms with Gasteiger partial charge in [-0.05, 0) is 24.6 Å². The van der Waals surface area contributed by atoms with Crippen LogP contribution in [-0.2, 0) is 4.74 Å². The van der Waals surface area contributed by atoms with Crippen LogP contribution < -0.4 is 4.74 Å². The Labute approximate surface area is 98.7 Å². The minimum atomic E-state index is 0.200. The second-order valence-corrected chi connectivity index (χ2v) is 3.75. The van der Waals surface area contributed by atoms with Crippen molar-refractivity contribution in [2.24, 2.45) is 0 Å². The summed E-state index contributed by atoms with van der Waals surface area (Å²) in [6.07, 6.45) is 0.200. The molecule has 0 fully saturated rings. The molecule has 78 valence electrons. The third-order valence-corrected chi connectivity index (χ3v) is 2.80. The van der Waals surface area contributed by atoms with E-state index in [2.05, 4.69) is 34.7 Å². The highest BCUT2D eigenvalue weighted by Crippen LogP contribution is 2.22. The van der Waals surface area contributed by atoms with Gasteiger partial charge >= 0.3 is 0 Å². The van der Waals surface area contributed by atoms with Crippen LogP contribution in [0.5, 0.6) is 5.75 Å². The van der Waals surface area contributed by atoms with Crippen LogP contribution in [0.15, 0.2) is 24.3 Å². The largest absolute Gasteiger partial charge is 0.497 e. The summed E-state index contributed by atoms with van der Waals surface area (Å²) in [4.78, 5) is 0. The van der Waals surface area contributed by atoms with E-state index in [1.165, 1.54) is 5.56 Å². The first-order valence-electron chi connectivity index (χ1n) is 4.63. The number of hydrogen-bond acceptors (Lipinski definition) is 2. The lowest BCUT2D eigenvalue weighted by molar-refractivity contribution is 0.0818. The van der Waals surface area contributed by atoms with Crippen LogP contribution in [0, 0.1) is 0 Å². The van der Waals surface area contributed by atoms with E-state index in [4.69, 9.17) is 9.47 Å². The highest BCUT2D eigenvalue weighted by atomic mass is 127. The molecule has 1 atom stereocenters. The first-order chi connectivity index (χ1) is 6.81. The number of methoxy groups -OCH3 is 1. The molecule has 0 radical (unpaired) electrons. The van der Waals surface area contributed by atoms with Gasteiger partial charge in [0.25, 0.3) is 0 Å². The molecule has 14 heavy (non-hydrogen) atoms. The maximum atomic E-state index is 5.60. The Balaban J connectivity index is 2.73. The van der Waals surface area contributed by atoms with E-state index in [-0.39, 0.29) is 6.10 Å². The molecule has 0 bridgehead atoms. The minimum Gasteiger partial charge on any atom is -0.497 e. The van der Waals surface area contributed by atoms with E-state index in [1.54, 1.807) is 7.11 Å². The van der Waals surface area contributed by atoms with Crippen molar-refractivity contribution in [1.82, 2.24) is 0 Å². The summed E-state index contributed by atoms with van der Waals surface area (Å²) in [5.41, 5.74) is 1.21. The van der Waals surface area contributed by atoms with Gasteiger partial charge in [0.1, 0.15) is 5.75 Å². The van der Waals surface area contributed by atoms with Crippen molar-refractivity contribution in [3.8, 4) is 5.75 Å². The van der Waals surface area contributed by atoms with Crippen LogP contribution in [0.1, 0.15) is 18.6 Å². The average molecular weight is 306 g/mol. The van der Waals surface area contributed by atoms with Gasteiger partial charge < -0.3 is 9.47 Å². The van der Waals surface area contributed by atoms with E-state index in [0.29, 0.717) is 0 Å². The van der Waals surface area contributed by atoms with Crippen LogP contribution in [0.2, 0.25) is 0 Å². The van der Waals surface area contributed by atoms with E-state index in [9.17, 15) is 0 Å². The highest BCUT2D eigenvalue weighted by Gasteiger charge is 2.08. The molecule has 1 aromatic carbocycles. The maximum absolute atomic E-state index is 5.60. The summed E-state index contributed by atoms with van der Waals surface area (Å²) in [5, 5.41) is 0. The molecule has 0 N–H and O–H groups in total. The Morgan fingerprint density at radius 3 is 2.36 bits per heavy atom. The van der Waals surface area contributed by atoms with Gasteiger partial charge in [0.15, 0.2) is 0 Å². The predicted octanol–water partition coefficient (Wildman–Crippen LogP) is 3.21. The Hall–Kier alpha value is -0.290. The lowest BCUT2D eigenvalue weighted by atomic mass is 10.1. The van der Waals surface area contributed by atoms with E-state index < -0.39 is 0 Å². The van der Waals surface area contributed by atoms with E-state index in [0.717, 1.165) is 16.8 Å². The smallest absolute Gasteiger partial charge is 0.118 e. The monoisotopic (exact) mass is 306 g/mol. The van der Waals surface area contributed by atoms with Crippen molar-refractivity contribution in [2.75, 3.05) is 18.1 Å². The fraction of sp³-hybridized carbons (Fsp3) is 0.455. The van der Waals surface area contributed by atoms with Crippen LogP contribution in [0.4, 0.5) is 0 Å². The molecule has 2 nitrogen and oxygen atoms in total. The van der Waals surface area contributed by atoms with Crippen LogP contribution >= 0.6 is 22.6 Å². The summed E-state index contributed by atoms with van der Waals surface area (Å²) in [6.45, 7) is 2.77. The Kier molecular flexibility index (Phi) is 5.25. The fourth-order valence-electron chi connectivity index (χ4n) is 1.25. The fourth-order valence-corrected chi connectivity index (χ4v) is 2.01. The van der Waals surface area contributed by atoms with Gasteiger partial charge in [-0.1, -0.05) is 34.7 Å². The van der Waals surface area contributed by atoms with Crippen molar-refractivity contribution in [2.45, 2.75) is 13.0 Å². The zero-order valence-corrected chi connectivity index (χ0v) is 10.7. The van der Waals surface area contributed by atoms with E-state index in [1.807, 2.05) is 19.1 Å². The van der Waals surface area contributed by atoms with Crippen molar-refractivity contribution >= 4 is 22.6 Å². The molecular formula is C11H15IO2. The number of alkyl halides is 1. The van der Waals surface area contributed by atoms with Crippen molar-refractivity contribution in [3.05, 3.63) is 29.8 Å². The standard InChI is InChI=1S/C11H15IO2/c1-3-14-11(8-12)9-4-6-10(13-2)7-5-9/h4-7,11H,3,8H2,1-2H3. The normalized spacial score (nSPS) is 12.5. The number of halogens is 1. The molecule has 0 aliphatic rings. The van der Waals surface area contributed by atoms with E-state index >= 15 is 0 Å². The average Bonchev–Trinajstić information content (AvgIpc) is 2.26. The van der Waals surface area contributed by atoms with Gasteiger partial charge in [-0.3, -0.25) is 0 Å². The second kappa shape index (κ2) is 6.24. The molecule has 0 aliphatic heterocycles. The topological polar surface area (TPSA) is 18.5 Å². The SMILES string of the molecule is CCOC(CI)c1ccc(OC)cc1. The first-order valence-corrected chi connectivity index (χ1v) is 6.15. The molecule has 0 heterocycles. The molecular weight excluding hydrogens is 291 g/mol. The zero-order valence-electron chi connectivity index (χ0n) is 8.50. The quantitative estimate of drug-likeness (QED) is 0.614. The number of ether oxygens (including phenoxy) is 2. The lowest BCUT2D eigenvalue weighted by Crippen LogP contribution is -2.05. The van der Waals surface area contributed by atoms with Crippen LogP contribution in [0.3, 0.4) is 0 Å². The lowest BCUT2D eigenvalue weighted by Gasteiger charge is -2.14. The van der Waals surface area contributed by atoms with Crippen molar-refractivity contribution < 1.29 is 9.47 Å². The Morgan fingerprint density at radius 1 is 1.29 bits per heavy atom. The second-order valence-electron chi connectivity index (χ2n) is 2.87. The van der Waals surface area contributed by atoms with Gasteiger partial charge in [0.05, 0.1) is 13.2 Å². The van der Waals surface area contributed by atoms with Gasteiger partial charge in [-0.15, -0.1) is 0 Å². The molecule has 0 aliphatic carbocycles. The highest BCUT2D eigenvalue weighted by molar-refractivity contribution is 14.1. The minimum absolute atomic E-state index is 0.200. The van der Waals surface area contributed by atoms with Gasteiger partial charge in [0.2, 0.25) is 0 Å². The van der Waals surface area contributed by atoms with Gasteiger partial charge in [0, 0.05) is 11.0 Å². The predicted molar refractivity (Wildman–Crippen MR) is 66.2 cm³/mol. The summed E-state index contributed by atoms with van der Waals surface area (Å²) in [6, 6.07) is 8.04. The molecule has 0 amide bonds. The first kappa shape index (κ1) is 11.8. The molecule has 0 aromatic heterocycles. The molecule has 0 saturated heterocycles. The zero-order chi connectivity index (χ0) is 10.4. The molecule has 1 aromatic rings. The maximum Gasteiger partial charge on any atom is 0.118 e. The van der Waals surface area contributed by atoms with Crippen molar-refractivity contribution in [3.63, 3.8) is 0 Å². The van der Waals surface area contributed by atoms with Gasteiger partial charge in [-0.25, -0.2) is 0 Å². The Bertz CT molecular complexity index is 258. The Morgan fingerprint density at radius 2 is 1.93 bits per heavy atom. The number of benzene rings is 1. The molecule has 0 spiro atoms. The van der Waals surface area contributed by atoms with Crippen LogP contribution in [0.25, 0.3) is 0 Å².